The standard InChI is InChI=1S/C16H18O/c1-4-17-15-9-7-14(8-10-15)16-11-12(2)5-6-13(16)3/h5-11H,4H2,1-3H3. The van der Waals surface area contributed by atoms with Crippen molar-refractivity contribution >= 4 is 0 Å². The predicted molar refractivity (Wildman–Crippen MR) is 72.5 cm³/mol. The Bertz CT molecular complexity index is 497. The van der Waals surface area contributed by atoms with Gasteiger partial charge in [-0.3, -0.25) is 0 Å². The quantitative estimate of drug-likeness (QED) is 0.755. The molecule has 0 aliphatic heterocycles. The van der Waals surface area contributed by atoms with Gasteiger partial charge in [-0.2, -0.15) is 0 Å². The van der Waals surface area contributed by atoms with Crippen LogP contribution in [-0.4, -0.2) is 6.61 Å². The Hall–Kier alpha value is -1.76. The minimum Gasteiger partial charge on any atom is -0.494 e. The Morgan fingerprint density at radius 2 is 1.65 bits per heavy atom. The Labute approximate surface area is 103 Å². The van der Waals surface area contributed by atoms with Gasteiger partial charge in [0.15, 0.2) is 0 Å². The van der Waals surface area contributed by atoms with Crippen molar-refractivity contribution in [3.8, 4) is 16.9 Å². The third kappa shape index (κ3) is 2.68. The fourth-order valence-electron chi connectivity index (χ4n) is 1.94. The fraction of sp³-hybridized carbons (Fsp3) is 0.250. The second kappa shape index (κ2) is 5.05. The smallest absolute Gasteiger partial charge is 0.119 e. The van der Waals surface area contributed by atoms with Crippen molar-refractivity contribution in [1.82, 2.24) is 0 Å². The fourth-order valence-corrected chi connectivity index (χ4v) is 1.94. The molecule has 2 aromatic carbocycles. The molecule has 0 fully saturated rings. The number of hydrogen-bond acceptors (Lipinski definition) is 1. The molecule has 0 atom stereocenters. The van der Waals surface area contributed by atoms with Crippen molar-refractivity contribution in [2.75, 3.05) is 6.61 Å². The Balaban J connectivity index is 2.36. The van der Waals surface area contributed by atoms with Crippen molar-refractivity contribution in [3.63, 3.8) is 0 Å². The third-order valence-corrected chi connectivity index (χ3v) is 2.87. The molecule has 17 heavy (non-hydrogen) atoms. The average Bonchev–Trinajstić information content (AvgIpc) is 2.34. The van der Waals surface area contributed by atoms with E-state index in [-0.39, 0.29) is 0 Å². The zero-order valence-electron chi connectivity index (χ0n) is 10.7. The number of benzene rings is 2. The predicted octanol–water partition coefficient (Wildman–Crippen LogP) is 4.37. The van der Waals surface area contributed by atoms with Gasteiger partial charge in [-0.05, 0) is 49.6 Å². The normalized spacial score (nSPS) is 10.3. The molecule has 0 saturated heterocycles. The van der Waals surface area contributed by atoms with E-state index < -0.39 is 0 Å². The highest BCUT2D eigenvalue weighted by Crippen LogP contribution is 2.26. The van der Waals surface area contributed by atoms with Crippen LogP contribution in [0.5, 0.6) is 5.75 Å². The van der Waals surface area contributed by atoms with E-state index in [1.807, 2.05) is 19.1 Å². The summed E-state index contributed by atoms with van der Waals surface area (Å²) in [6.45, 7) is 6.98. The van der Waals surface area contributed by atoms with Crippen LogP contribution in [0.4, 0.5) is 0 Å². The molecule has 88 valence electrons. The first-order valence-corrected chi connectivity index (χ1v) is 6.01. The van der Waals surface area contributed by atoms with E-state index in [2.05, 4.69) is 44.2 Å². The first kappa shape index (κ1) is 11.7. The summed E-state index contributed by atoms with van der Waals surface area (Å²) in [4.78, 5) is 0. The van der Waals surface area contributed by atoms with Gasteiger partial charge < -0.3 is 4.74 Å². The lowest BCUT2D eigenvalue weighted by Crippen LogP contribution is -1.91. The summed E-state index contributed by atoms with van der Waals surface area (Å²) in [7, 11) is 0. The van der Waals surface area contributed by atoms with Crippen LogP contribution in [0, 0.1) is 13.8 Å². The summed E-state index contributed by atoms with van der Waals surface area (Å²) >= 11 is 0. The largest absolute Gasteiger partial charge is 0.494 e. The number of rotatable bonds is 3. The molecule has 0 radical (unpaired) electrons. The van der Waals surface area contributed by atoms with Gasteiger partial charge >= 0.3 is 0 Å². The summed E-state index contributed by atoms with van der Waals surface area (Å²) in [5, 5.41) is 0. The van der Waals surface area contributed by atoms with Crippen LogP contribution in [-0.2, 0) is 0 Å². The van der Waals surface area contributed by atoms with E-state index in [1.54, 1.807) is 0 Å². The van der Waals surface area contributed by atoms with Crippen LogP contribution in [0.2, 0.25) is 0 Å². The molecule has 0 aliphatic rings. The Morgan fingerprint density at radius 1 is 0.941 bits per heavy atom. The highest BCUT2D eigenvalue weighted by atomic mass is 16.5. The van der Waals surface area contributed by atoms with Gasteiger partial charge in [-0.25, -0.2) is 0 Å². The van der Waals surface area contributed by atoms with Crippen molar-refractivity contribution in [2.45, 2.75) is 20.8 Å². The minimum absolute atomic E-state index is 0.711. The molecular weight excluding hydrogens is 208 g/mol. The summed E-state index contributed by atoms with van der Waals surface area (Å²) in [5.41, 5.74) is 5.14. The molecule has 0 N–H and O–H groups in total. The van der Waals surface area contributed by atoms with E-state index in [0.717, 1.165) is 5.75 Å². The van der Waals surface area contributed by atoms with Crippen LogP contribution in [0.1, 0.15) is 18.1 Å². The van der Waals surface area contributed by atoms with Crippen LogP contribution in [0.15, 0.2) is 42.5 Å². The van der Waals surface area contributed by atoms with Crippen molar-refractivity contribution in [3.05, 3.63) is 53.6 Å². The SMILES string of the molecule is CCOc1ccc(-c2cc(C)ccc2C)cc1. The molecule has 0 spiro atoms. The molecule has 0 aliphatic carbocycles. The zero-order valence-corrected chi connectivity index (χ0v) is 10.7. The molecule has 1 heteroatoms. The maximum absolute atomic E-state index is 5.45. The highest BCUT2D eigenvalue weighted by Gasteiger charge is 2.02. The third-order valence-electron chi connectivity index (χ3n) is 2.87. The van der Waals surface area contributed by atoms with Crippen LogP contribution >= 0.6 is 0 Å². The molecular formula is C16H18O. The molecule has 0 amide bonds. The van der Waals surface area contributed by atoms with E-state index in [0.29, 0.717) is 6.61 Å². The molecule has 2 aromatic rings. The van der Waals surface area contributed by atoms with E-state index in [4.69, 9.17) is 4.74 Å². The lowest BCUT2D eigenvalue weighted by atomic mass is 9.98. The lowest BCUT2D eigenvalue weighted by Gasteiger charge is -2.08. The van der Waals surface area contributed by atoms with Gasteiger partial charge in [-0.1, -0.05) is 35.9 Å². The molecule has 0 unspecified atom stereocenters. The average molecular weight is 226 g/mol. The molecule has 0 bridgehead atoms. The summed E-state index contributed by atoms with van der Waals surface area (Å²) < 4.78 is 5.45. The van der Waals surface area contributed by atoms with E-state index >= 15 is 0 Å². The van der Waals surface area contributed by atoms with Gasteiger partial charge in [0.05, 0.1) is 6.61 Å². The summed E-state index contributed by atoms with van der Waals surface area (Å²) in [6, 6.07) is 14.8. The lowest BCUT2D eigenvalue weighted by molar-refractivity contribution is 0.340. The first-order valence-electron chi connectivity index (χ1n) is 6.01. The number of hydrogen-bond donors (Lipinski definition) is 0. The molecule has 2 rings (SSSR count). The second-order valence-corrected chi connectivity index (χ2v) is 4.28. The van der Waals surface area contributed by atoms with Gasteiger partial charge in [0, 0.05) is 0 Å². The monoisotopic (exact) mass is 226 g/mol. The second-order valence-electron chi connectivity index (χ2n) is 4.28. The number of ether oxygens (including phenoxy) is 1. The van der Waals surface area contributed by atoms with Crippen molar-refractivity contribution < 1.29 is 4.74 Å². The molecule has 0 heterocycles. The molecule has 0 saturated carbocycles. The van der Waals surface area contributed by atoms with E-state index in [1.165, 1.54) is 22.3 Å². The first-order chi connectivity index (χ1) is 8.20. The van der Waals surface area contributed by atoms with Crippen molar-refractivity contribution in [1.29, 1.82) is 0 Å². The molecule has 0 aromatic heterocycles. The van der Waals surface area contributed by atoms with Crippen molar-refractivity contribution in [2.24, 2.45) is 0 Å². The summed E-state index contributed by atoms with van der Waals surface area (Å²) in [5.74, 6) is 0.932. The number of aryl methyl sites for hydroxylation is 2. The maximum Gasteiger partial charge on any atom is 0.119 e. The zero-order chi connectivity index (χ0) is 12.3. The van der Waals surface area contributed by atoms with Gasteiger partial charge in [0.25, 0.3) is 0 Å². The van der Waals surface area contributed by atoms with Gasteiger partial charge in [-0.15, -0.1) is 0 Å². The topological polar surface area (TPSA) is 9.23 Å². The summed E-state index contributed by atoms with van der Waals surface area (Å²) in [6.07, 6.45) is 0. The maximum atomic E-state index is 5.45. The van der Waals surface area contributed by atoms with Gasteiger partial charge in [0.2, 0.25) is 0 Å². The van der Waals surface area contributed by atoms with E-state index in [9.17, 15) is 0 Å². The Kier molecular flexibility index (Phi) is 3.48. The van der Waals surface area contributed by atoms with Crippen LogP contribution < -0.4 is 4.74 Å². The van der Waals surface area contributed by atoms with Gasteiger partial charge in [0.1, 0.15) is 5.75 Å². The van der Waals surface area contributed by atoms with Crippen LogP contribution in [0.3, 0.4) is 0 Å². The van der Waals surface area contributed by atoms with Crippen LogP contribution in [0.25, 0.3) is 11.1 Å². The Morgan fingerprint density at radius 3 is 2.29 bits per heavy atom. The molecule has 1 nitrogen and oxygen atoms in total. The highest BCUT2D eigenvalue weighted by molar-refractivity contribution is 5.68. The minimum atomic E-state index is 0.711.